The van der Waals surface area contributed by atoms with Gasteiger partial charge < -0.3 is 24.4 Å². The highest BCUT2D eigenvalue weighted by atomic mass is 16.6. The molecule has 0 unspecified atom stereocenters. The number of carbonyl (C=O) groups excluding carboxylic acids is 2. The number of carboxylic acids is 1. The fourth-order valence-electron chi connectivity index (χ4n) is 1.33. The molecule has 0 saturated heterocycles. The number of ether oxygens (including phenoxy) is 1. The molecule has 6 heteroatoms. The van der Waals surface area contributed by atoms with E-state index in [4.69, 9.17) is 9.15 Å². The number of carboxylic acid groups (broad SMARTS) is 1. The molecule has 1 N–H and O–H groups in total. The largest absolute Gasteiger partial charge is 0.550 e. The van der Waals surface area contributed by atoms with Gasteiger partial charge in [0.15, 0.2) is 0 Å². The Labute approximate surface area is 105 Å². The first-order chi connectivity index (χ1) is 8.28. The normalized spacial score (nSPS) is 12.8. The average Bonchev–Trinajstić information content (AvgIpc) is 2.64. The quantitative estimate of drug-likeness (QED) is 0.864. The lowest BCUT2D eigenvalue weighted by Crippen LogP contribution is -2.37. The summed E-state index contributed by atoms with van der Waals surface area (Å²) in [7, 11) is 0. The van der Waals surface area contributed by atoms with Gasteiger partial charge in [0.25, 0.3) is 0 Å². The molecule has 6 nitrogen and oxygen atoms in total. The van der Waals surface area contributed by atoms with E-state index < -0.39 is 23.7 Å². The Morgan fingerprint density at radius 2 is 2.17 bits per heavy atom. The average molecular weight is 254 g/mol. The van der Waals surface area contributed by atoms with Crippen molar-refractivity contribution < 1.29 is 23.8 Å². The van der Waals surface area contributed by atoms with E-state index in [-0.39, 0.29) is 6.42 Å². The summed E-state index contributed by atoms with van der Waals surface area (Å²) in [6.45, 7) is 5.15. The molecule has 0 aromatic carbocycles. The van der Waals surface area contributed by atoms with Crippen LogP contribution in [-0.2, 0) is 9.53 Å². The van der Waals surface area contributed by atoms with E-state index in [2.05, 4.69) is 5.32 Å². The van der Waals surface area contributed by atoms with Gasteiger partial charge in [-0.25, -0.2) is 4.79 Å². The molecule has 1 aromatic heterocycles. The zero-order chi connectivity index (χ0) is 13.8. The van der Waals surface area contributed by atoms with Gasteiger partial charge in [-0.3, -0.25) is 0 Å². The van der Waals surface area contributed by atoms with Crippen LogP contribution in [0.25, 0.3) is 0 Å². The number of nitrogens with one attached hydrogen (secondary N) is 1. The molecule has 0 fully saturated rings. The second-order valence-corrected chi connectivity index (χ2v) is 4.79. The molecule has 0 spiro atoms. The van der Waals surface area contributed by atoms with Crippen molar-refractivity contribution in [1.29, 1.82) is 0 Å². The third-order valence-corrected chi connectivity index (χ3v) is 1.95. The molecule has 1 aromatic rings. The van der Waals surface area contributed by atoms with Crippen molar-refractivity contribution in [2.24, 2.45) is 0 Å². The summed E-state index contributed by atoms with van der Waals surface area (Å²) in [5.74, 6) is -0.947. The zero-order valence-electron chi connectivity index (χ0n) is 10.6. The van der Waals surface area contributed by atoms with Crippen LogP contribution in [0.5, 0.6) is 0 Å². The summed E-state index contributed by atoms with van der Waals surface area (Å²) in [6.07, 6.45) is 0.311. The van der Waals surface area contributed by atoms with Gasteiger partial charge in [0.05, 0.1) is 12.3 Å². The van der Waals surface area contributed by atoms with Gasteiger partial charge in [0.1, 0.15) is 11.4 Å². The molecular formula is C12H16NO5-. The molecule has 0 aliphatic rings. The maximum absolute atomic E-state index is 11.6. The predicted octanol–water partition coefficient (Wildman–Crippen LogP) is 0.985. The molecule has 0 aliphatic carbocycles. The van der Waals surface area contributed by atoms with Crippen molar-refractivity contribution in [3.63, 3.8) is 0 Å². The van der Waals surface area contributed by atoms with Crippen molar-refractivity contribution in [3.05, 3.63) is 24.2 Å². The van der Waals surface area contributed by atoms with E-state index in [1.165, 1.54) is 6.26 Å². The smallest absolute Gasteiger partial charge is 0.408 e. The van der Waals surface area contributed by atoms with Crippen LogP contribution in [0.15, 0.2) is 22.8 Å². The number of rotatable bonds is 4. The van der Waals surface area contributed by atoms with Crippen molar-refractivity contribution >= 4 is 12.1 Å². The van der Waals surface area contributed by atoms with E-state index in [0.717, 1.165) is 0 Å². The van der Waals surface area contributed by atoms with Crippen LogP contribution < -0.4 is 10.4 Å². The first-order valence-electron chi connectivity index (χ1n) is 5.50. The van der Waals surface area contributed by atoms with Gasteiger partial charge in [-0.15, -0.1) is 0 Å². The molecule has 1 atom stereocenters. The van der Waals surface area contributed by atoms with Gasteiger partial charge in [0.2, 0.25) is 0 Å². The fraction of sp³-hybridized carbons (Fsp3) is 0.500. The molecule has 1 amide bonds. The van der Waals surface area contributed by atoms with Crippen molar-refractivity contribution in [2.75, 3.05) is 0 Å². The Kier molecular flexibility index (Phi) is 4.36. The molecule has 1 rings (SSSR count). The summed E-state index contributed by atoms with van der Waals surface area (Å²) in [5, 5.41) is 13.1. The third kappa shape index (κ3) is 4.90. The van der Waals surface area contributed by atoms with E-state index >= 15 is 0 Å². The SMILES string of the molecule is CC(C)(C)OC(=O)N[C@@H](CC(=O)[O-])c1ccco1. The Morgan fingerprint density at radius 1 is 1.50 bits per heavy atom. The number of amides is 1. The van der Waals surface area contributed by atoms with Gasteiger partial charge in [-0.2, -0.15) is 0 Å². The minimum Gasteiger partial charge on any atom is -0.550 e. The van der Waals surface area contributed by atoms with Crippen molar-refractivity contribution in [1.82, 2.24) is 5.32 Å². The molecule has 0 saturated carbocycles. The topological polar surface area (TPSA) is 91.6 Å². The van der Waals surface area contributed by atoms with Crippen LogP contribution >= 0.6 is 0 Å². The molecule has 0 aliphatic heterocycles. The number of aliphatic carboxylic acids is 1. The first-order valence-corrected chi connectivity index (χ1v) is 5.50. The second-order valence-electron chi connectivity index (χ2n) is 4.79. The highest BCUT2D eigenvalue weighted by molar-refractivity contribution is 5.71. The summed E-state index contributed by atoms with van der Waals surface area (Å²) in [5.41, 5.74) is -0.654. The Morgan fingerprint density at radius 3 is 2.61 bits per heavy atom. The maximum atomic E-state index is 11.6. The lowest BCUT2D eigenvalue weighted by atomic mass is 10.1. The fourth-order valence-corrected chi connectivity index (χ4v) is 1.33. The van der Waals surface area contributed by atoms with E-state index in [1.807, 2.05) is 0 Å². The standard InChI is InChI=1S/C12H17NO5/c1-12(2,3)18-11(16)13-8(7-10(14)15)9-5-4-6-17-9/h4-6,8H,7H2,1-3H3,(H,13,16)(H,14,15)/p-1/t8-/m0/s1. The van der Waals surface area contributed by atoms with Crippen molar-refractivity contribution in [2.45, 2.75) is 38.8 Å². The number of alkyl carbamates (subject to hydrolysis) is 1. The minimum absolute atomic E-state index is 0.338. The van der Waals surface area contributed by atoms with Gasteiger partial charge in [-0.05, 0) is 32.9 Å². The number of furan rings is 1. The predicted molar refractivity (Wildman–Crippen MR) is 60.4 cm³/mol. The summed E-state index contributed by atoms with van der Waals surface area (Å²) < 4.78 is 10.1. The summed E-state index contributed by atoms with van der Waals surface area (Å²) in [4.78, 5) is 22.2. The third-order valence-electron chi connectivity index (χ3n) is 1.95. The van der Waals surface area contributed by atoms with Crippen LogP contribution in [0.2, 0.25) is 0 Å². The maximum Gasteiger partial charge on any atom is 0.408 e. The van der Waals surface area contributed by atoms with E-state index in [1.54, 1.807) is 32.9 Å². The molecule has 0 bridgehead atoms. The molecule has 0 radical (unpaired) electrons. The van der Waals surface area contributed by atoms with Crippen LogP contribution in [0.4, 0.5) is 4.79 Å². The second kappa shape index (κ2) is 5.57. The minimum atomic E-state index is -1.28. The Balaban J connectivity index is 2.68. The van der Waals surface area contributed by atoms with Crippen LogP contribution in [-0.4, -0.2) is 17.7 Å². The van der Waals surface area contributed by atoms with Gasteiger partial charge in [-0.1, -0.05) is 0 Å². The zero-order valence-corrected chi connectivity index (χ0v) is 10.6. The Hall–Kier alpha value is -1.98. The monoisotopic (exact) mass is 254 g/mol. The van der Waals surface area contributed by atoms with Crippen LogP contribution in [0.3, 0.4) is 0 Å². The Bertz CT molecular complexity index is 405. The molecule has 100 valence electrons. The van der Waals surface area contributed by atoms with Gasteiger partial charge in [0, 0.05) is 12.4 Å². The van der Waals surface area contributed by atoms with E-state index in [9.17, 15) is 14.7 Å². The highest BCUT2D eigenvalue weighted by Crippen LogP contribution is 2.18. The first kappa shape index (κ1) is 14.1. The molecule has 1 heterocycles. The van der Waals surface area contributed by atoms with E-state index in [0.29, 0.717) is 5.76 Å². The number of hydrogen-bond acceptors (Lipinski definition) is 5. The number of hydrogen-bond donors (Lipinski definition) is 1. The lowest BCUT2D eigenvalue weighted by molar-refractivity contribution is -0.306. The number of carbonyl (C=O) groups is 2. The molecule has 18 heavy (non-hydrogen) atoms. The van der Waals surface area contributed by atoms with Crippen molar-refractivity contribution in [3.8, 4) is 0 Å². The van der Waals surface area contributed by atoms with Gasteiger partial charge >= 0.3 is 6.09 Å². The summed E-state index contributed by atoms with van der Waals surface area (Å²) >= 11 is 0. The van der Waals surface area contributed by atoms with Crippen LogP contribution in [0, 0.1) is 0 Å². The lowest BCUT2D eigenvalue weighted by Gasteiger charge is -2.23. The van der Waals surface area contributed by atoms with Crippen LogP contribution in [0.1, 0.15) is 39.0 Å². The molecular weight excluding hydrogens is 238 g/mol. The summed E-state index contributed by atoms with van der Waals surface area (Å²) in [6, 6.07) is 2.37. The highest BCUT2D eigenvalue weighted by Gasteiger charge is 2.22.